The van der Waals surface area contributed by atoms with E-state index in [4.69, 9.17) is 14.2 Å². The van der Waals surface area contributed by atoms with Crippen molar-refractivity contribution in [3.05, 3.63) is 122 Å². The molecule has 0 aliphatic heterocycles. The van der Waals surface area contributed by atoms with Crippen molar-refractivity contribution in [1.29, 1.82) is 0 Å². The quantitative estimate of drug-likeness (QED) is 0.0199. The number of unbranched alkanes of at least 4 members (excludes halogenated alkanes) is 18. The maximum absolute atomic E-state index is 12.8. The Morgan fingerprint density at radius 3 is 1.03 bits per heavy atom. The molecule has 0 heterocycles. The highest BCUT2D eigenvalue weighted by Gasteiger charge is 2.19. The maximum atomic E-state index is 12.8. The van der Waals surface area contributed by atoms with Crippen molar-refractivity contribution in [2.45, 2.75) is 239 Å². The van der Waals surface area contributed by atoms with Gasteiger partial charge in [0, 0.05) is 19.3 Å². The van der Waals surface area contributed by atoms with Crippen molar-refractivity contribution in [2.24, 2.45) is 0 Å². The van der Waals surface area contributed by atoms with E-state index >= 15 is 0 Å². The Bertz CT molecular complexity index is 1450. The molecule has 0 spiro atoms. The van der Waals surface area contributed by atoms with E-state index in [9.17, 15) is 14.4 Å². The number of carbonyl (C=O) groups is 3. The fourth-order valence-corrected chi connectivity index (χ4v) is 7.13. The lowest BCUT2D eigenvalue weighted by atomic mass is 10.1. The van der Waals surface area contributed by atoms with Crippen molar-refractivity contribution in [1.82, 2.24) is 0 Å². The third-order valence-electron chi connectivity index (χ3n) is 11.2. The van der Waals surface area contributed by atoms with Crippen LogP contribution in [0.4, 0.5) is 0 Å². The van der Waals surface area contributed by atoms with E-state index in [2.05, 4.69) is 142 Å². The van der Waals surface area contributed by atoms with Gasteiger partial charge in [-0.1, -0.05) is 219 Å². The summed E-state index contributed by atoms with van der Waals surface area (Å²) < 4.78 is 16.8. The molecule has 6 nitrogen and oxygen atoms in total. The highest BCUT2D eigenvalue weighted by atomic mass is 16.6. The van der Waals surface area contributed by atoms with Crippen LogP contribution in [0.1, 0.15) is 233 Å². The van der Waals surface area contributed by atoms with Crippen LogP contribution in [-0.4, -0.2) is 37.2 Å². The molecule has 384 valence electrons. The zero-order valence-corrected chi connectivity index (χ0v) is 43.8. The van der Waals surface area contributed by atoms with Gasteiger partial charge in [-0.3, -0.25) is 14.4 Å². The first-order valence-electron chi connectivity index (χ1n) is 27.6. The lowest BCUT2D eigenvalue weighted by molar-refractivity contribution is -0.167. The minimum absolute atomic E-state index is 0.113. The van der Waals surface area contributed by atoms with Crippen LogP contribution in [0.5, 0.6) is 0 Å². The monoisotopic (exact) mass is 941 g/mol. The van der Waals surface area contributed by atoms with E-state index < -0.39 is 6.10 Å². The number of rotatable bonds is 48. The molecule has 0 N–H and O–H groups in total. The van der Waals surface area contributed by atoms with Crippen molar-refractivity contribution in [3.8, 4) is 0 Å². The molecule has 0 amide bonds. The number of ether oxygens (including phenoxy) is 3. The molecular formula is C62H100O6. The van der Waals surface area contributed by atoms with E-state index in [-0.39, 0.29) is 37.5 Å². The second-order valence-corrected chi connectivity index (χ2v) is 17.8. The summed E-state index contributed by atoms with van der Waals surface area (Å²) in [5.41, 5.74) is 0. The van der Waals surface area contributed by atoms with E-state index in [0.29, 0.717) is 19.3 Å². The van der Waals surface area contributed by atoms with Crippen molar-refractivity contribution < 1.29 is 28.6 Å². The first-order chi connectivity index (χ1) is 33.5. The van der Waals surface area contributed by atoms with Crippen LogP contribution < -0.4 is 0 Å². The number of esters is 3. The molecule has 1 unspecified atom stereocenters. The van der Waals surface area contributed by atoms with Crippen LogP contribution in [0, 0.1) is 0 Å². The van der Waals surface area contributed by atoms with Crippen molar-refractivity contribution in [3.63, 3.8) is 0 Å². The number of hydrogen-bond acceptors (Lipinski definition) is 6. The zero-order valence-electron chi connectivity index (χ0n) is 43.8. The molecule has 0 aliphatic carbocycles. The van der Waals surface area contributed by atoms with Gasteiger partial charge in [0.1, 0.15) is 13.2 Å². The molecule has 0 aromatic heterocycles. The molecule has 0 aromatic rings. The van der Waals surface area contributed by atoms with Crippen LogP contribution in [0.15, 0.2) is 122 Å². The minimum Gasteiger partial charge on any atom is -0.462 e. The fourth-order valence-electron chi connectivity index (χ4n) is 7.13. The summed E-state index contributed by atoms with van der Waals surface area (Å²) >= 11 is 0. The summed E-state index contributed by atoms with van der Waals surface area (Å²) in [5.74, 6) is -1.00. The zero-order chi connectivity index (χ0) is 49.3. The number of hydrogen-bond donors (Lipinski definition) is 0. The molecule has 0 radical (unpaired) electrons. The van der Waals surface area contributed by atoms with Crippen molar-refractivity contribution in [2.75, 3.05) is 13.2 Å². The van der Waals surface area contributed by atoms with E-state index in [0.717, 1.165) is 109 Å². The molecule has 68 heavy (non-hydrogen) atoms. The maximum Gasteiger partial charge on any atom is 0.306 e. The summed E-state index contributed by atoms with van der Waals surface area (Å²) in [5, 5.41) is 0. The molecule has 0 aromatic carbocycles. The standard InChI is InChI=1S/C62H100O6/c1-4-7-10-13-16-19-22-25-28-30-31-33-34-37-40-43-46-49-52-55-61(64)67-58-59(57-66-60(63)54-51-48-45-42-39-36-27-24-21-18-15-12-9-6-3)68-62(65)56-53-50-47-44-41-38-35-32-29-26-23-20-17-14-11-8-5-2/h8-9,11-12,16-22,25-27,29,35-36,38,44,47,59H,4-7,10,13-15,23-24,28,30-34,37,39-43,45-46,48-58H2,1-3H3/b11-8-,12-9-,19-16-,20-17-,21-18-,25-22-,29-26-,36-27-,38-35-,47-44-. The highest BCUT2D eigenvalue weighted by molar-refractivity contribution is 5.71. The van der Waals surface area contributed by atoms with Gasteiger partial charge in [-0.15, -0.1) is 0 Å². The fraction of sp³-hybridized carbons (Fsp3) is 0.629. The normalized spacial score (nSPS) is 13.0. The van der Waals surface area contributed by atoms with E-state index in [1.54, 1.807) is 0 Å². The molecule has 0 aliphatic rings. The lowest BCUT2D eigenvalue weighted by Gasteiger charge is -2.18. The lowest BCUT2D eigenvalue weighted by Crippen LogP contribution is -2.30. The Labute approximate surface area is 418 Å². The van der Waals surface area contributed by atoms with Gasteiger partial charge in [0.2, 0.25) is 0 Å². The first kappa shape index (κ1) is 63.8. The van der Waals surface area contributed by atoms with Crippen LogP contribution in [-0.2, 0) is 28.6 Å². The largest absolute Gasteiger partial charge is 0.462 e. The minimum atomic E-state index is -0.822. The number of carbonyl (C=O) groups excluding carboxylic acids is 3. The summed E-state index contributed by atoms with van der Waals surface area (Å²) in [7, 11) is 0. The number of allylic oxidation sites excluding steroid dienone is 20. The second kappa shape index (κ2) is 55.4. The Balaban J connectivity index is 4.51. The van der Waals surface area contributed by atoms with E-state index in [1.165, 1.54) is 77.0 Å². The van der Waals surface area contributed by atoms with Gasteiger partial charge >= 0.3 is 17.9 Å². The van der Waals surface area contributed by atoms with E-state index in [1.807, 2.05) is 0 Å². The summed E-state index contributed by atoms with van der Waals surface area (Å²) in [4.78, 5) is 38.1. The van der Waals surface area contributed by atoms with Crippen LogP contribution in [0.2, 0.25) is 0 Å². The summed E-state index contributed by atoms with van der Waals surface area (Å²) in [6.07, 6.45) is 76.2. The molecule has 6 heteroatoms. The predicted molar refractivity (Wildman–Crippen MR) is 293 cm³/mol. The van der Waals surface area contributed by atoms with Gasteiger partial charge in [-0.05, 0) is 116 Å². The molecule has 1 atom stereocenters. The van der Waals surface area contributed by atoms with Gasteiger partial charge < -0.3 is 14.2 Å². The molecular weight excluding hydrogens is 841 g/mol. The van der Waals surface area contributed by atoms with Crippen LogP contribution in [0.25, 0.3) is 0 Å². The van der Waals surface area contributed by atoms with Crippen molar-refractivity contribution >= 4 is 17.9 Å². The average molecular weight is 941 g/mol. The van der Waals surface area contributed by atoms with Crippen LogP contribution in [0.3, 0.4) is 0 Å². The highest BCUT2D eigenvalue weighted by Crippen LogP contribution is 2.14. The topological polar surface area (TPSA) is 78.9 Å². The third kappa shape index (κ3) is 52.8. The molecule has 0 saturated carbocycles. The SMILES string of the molecule is CC/C=C\C/C=C\C/C=C\C/C=C\C/C=C\CCCC(=O)OC(COC(=O)CCCCCC/C=C\C/C=C\C/C=C\CC)COC(=O)CCCCCCCCCCCC/C=C\C=C/CCCCC. The van der Waals surface area contributed by atoms with Gasteiger partial charge in [0.15, 0.2) is 6.10 Å². The van der Waals surface area contributed by atoms with Gasteiger partial charge in [0.25, 0.3) is 0 Å². The first-order valence-corrected chi connectivity index (χ1v) is 27.6. The summed E-state index contributed by atoms with van der Waals surface area (Å²) in [6.45, 7) is 6.31. The smallest absolute Gasteiger partial charge is 0.306 e. The predicted octanol–water partition coefficient (Wildman–Crippen LogP) is 18.5. The Hall–Kier alpha value is -4.19. The summed E-state index contributed by atoms with van der Waals surface area (Å²) in [6, 6.07) is 0. The molecule has 0 saturated heterocycles. The molecule has 0 bridgehead atoms. The average Bonchev–Trinajstić information content (AvgIpc) is 3.34. The van der Waals surface area contributed by atoms with Crippen LogP contribution >= 0.6 is 0 Å². The molecule has 0 rings (SSSR count). The Kier molecular flexibility index (Phi) is 52.0. The second-order valence-electron chi connectivity index (χ2n) is 17.8. The van der Waals surface area contributed by atoms with Gasteiger partial charge in [-0.25, -0.2) is 0 Å². The van der Waals surface area contributed by atoms with Gasteiger partial charge in [-0.2, -0.15) is 0 Å². The van der Waals surface area contributed by atoms with Gasteiger partial charge in [0.05, 0.1) is 0 Å². The third-order valence-corrected chi connectivity index (χ3v) is 11.2. The Morgan fingerprint density at radius 1 is 0.324 bits per heavy atom. The Morgan fingerprint density at radius 2 is 0.632 bits per heavy atom. The molecule has 0 fully saturated rings.